The molecule has 1 rings (SSSR count). The summed E-state index contributed by atoms with van der Waals surface area (Å²) in [4.78, 5) is 0. The molecule has 0 bridgehead atoms. The molecule has 1 aliphatic heterocycles. The molecule has 1 saturated heterocycles. The number of ether oxygens (including phenoxy) is 1. The Morgan fingerprint density at radius 2 is 1.82 bits per heavy atom. The third-order valence-corrected chi connectivity index (χ3v) is 1.59. The van der Waals surface area contributed by atoms with Gasteiger partial charge in [-0.15, -0.1) is 0 Å². The van der Waals surface area contributed by atoms with Crippen LogP contribution in [0.15, 0.2) is 0 Å². The Morgan fingerprint density at radius 3 is 2.00 bits per heavy atom. The maximum atomic E-state index is 8.94. The van der Waals surface area contributed by atoms with Gasteiger partial charge < -0.3 is 30.3 Å². The molecule has 0 aromatic heterocycles. The van der Waals surface area contributed by atoms with E-state index in [0.717, 1.165) is 0 Å². The highest BCUT2D eigenvalue weighted by molar-refractivity contribution is 4.88. The monoisotopic (exact) mass is 166 g/mol. The van der Waals surface area contributed by atoms with Crippen molar-refractivity contribution in [1.29, 1.82) is 0 Å². The van der Waals surface area contributed by atoms with Crippen LogP contribution in [-0.4, -0.2) is 56.4 Å². The van der Waals surface area contributed by atoms with Crippen LogP contribution in [0.2, 0.25) is 0 Å². The maximum Gasteiger partial charge on any atom is 0.308 e. The van der Waals surface area contributed by atoms with Crippen LogP contribution in [0.25, 0.3) is 0 Å². The molecular weight excluding hydrogens is 156 g/mol. The Kier molecular flexibility index (Phi) is 2.15. The van der Waals surface area contributed by atoms with Crippen molar-refractivity contribution < 1.29 is 30.3 Å². The van der Waals surface area contributed by atoms with Crippen LogP contribution in [0.5, 0.6) is 0 Å². The molecule has 0 unspecified atom stereocenters. The first kappa shape index (κ1) is 8.85. The molecule has 1 aliphatic rings. The Labute approximate surface area is 62.3 Å². The Bertz CT molecular complexity index is 146. The fourth-order valence-corrected chi connectivity index (χ4v) is 0.933. The number of aliphatic hydroxyl groups excluding tert-OH is 3. The second kappa shape index (κ2) is 2.67. The standard InChI is InChI=1S/C5H10O6/c6-1-2-3(7)4(8)5(9,10)11-2/h2-4,6-10H,1H2/t2-,3-,4+/m1/s1. The van der Waals surface area contributed by atoms with Crippen LogP contribution in [-0.2, 0) is 4.74 Å². The molecule has 0 radical (unpaired) electrons. The zero-order chi connectivity index (χ0) is 8.65. The Hall–Kier alpha value is -0.240. The minimum absolute atomic E-state index is 0.582. The summed E-state index contributed by atoms with van der Waals surface area (Å²) in [5.41, 5.74) is 0. The van der Waals surface area contributed by atoms with Crippen LogP contribution < -0.4 is 0 Å². The summed E-state index contributed by atoms with van der Waals surface area (Å²) in [5.74, 6) is -2.76. The molecule has 11 heavy (non-hydrogen) atoms. The van der Waals surface area contributed by atoms with Gasteiger partial charge in [0.15, 0.2) is 6.10 Å². The third kappa shape index (κ3) is 1.36. The number of rotatable bonds is 1. The molecular formula is C5H10O6. The summed E-state index contributed by atoms with van der Waals surface area (Å²) in [5, 5.41) is 43.7. The lowest BCUT2D eigenvalue weighted by molar-refractivity contribution is -0.355. The maximum absolute atomic E-state index is 8.94. The summed E-state index contributed by atoms with van der Waals surface area (Å²) in [6.07, 6.45) is -4.44. The van der Waals surface area contributed by atoms with Gasteiger partial charge in [0.05, 0.1) is 6.61 Å². The van der Waals surface area contributed by atoms with Gasteiger partial charge in [-0.05, 0) is 0 Å². The largest absolute Gasteiger partial charge is 0.394 e. The van der Waals surface area contributed by atoms with E-state index in [1.165, 1.54) is 0 Å². The average molecular weight is 166 g/mol. The van der Waals surface area contributed by atoms with Gasteiger partial charge in [0.25, 0.3) is 0 Å². The minimum Gasteiger partial charge on any atom is -0.394 e. The fourth-order valence-electron chi connectivity index (χ4n) is 0.933. The highest BCUT2D eigenvalue weighted by atomic mass is 16.8. The first-order chi connectivity index (χ1) is 4.99. The molecule has 5 N–H and O–H groups in total. The van der Waals surface area contributed by atoms with Crippen molar-refractivity contribution in [2.45, 2.75) is 24.3 Å². The summed E-state index contributed by atoms with van der Waals surface area (Å²) >= 11 is 0. The molecule has 6 nitrogen and oxygen atoms in total. The van der Waals surface area contributed by atoms with Gasteiger partial charge in [0.2, 0.25) is 0 Å². The first-order valence-electron chi connectivity index (χ1n) is 3.08. The zero-order valence-electron chi connectivity index (χ0n) is 5.58. The van der Waals surface area contributed by atoms with Crippen LogP contribution in [0, 0.1) is 0 Å². The van der Waals surface area contributed by atoms with Gasteiger partial charge in [0, 0.05) is 0 Å². The molecule has 6 heteroatoms. The Morgan fingerprint density at radius 1 is 1.27 bits per heavy atom. The normalized spacial score (nSPS) is 42.8. The number of hydrogen-bond donors (Lipinski definition) is 5. The second-order valence-electron chi connectivity index (χ2n) is 2.43. The van der Waals surface area contributed by atoms with Gasteiger partial charge in [-0.2, -0.15) is 0 Å². The van der Waals surface area contributed by atoms with Crippen molar-refractivity contribution in [3.63, 3.8) is 0 Å². The van der Waals surface area contributed by atoms with Crippen molar-refractivity contribution in [2.75, 3.05) is 6.61 Å². The van der Waals surface area contributed by atoms with Gasteiger partial charge in [-0.3, -0.25) is 0 Å². The third-order valence-electron chi connectivity index (χ3n) is 1.59. The molecule has 0 amide bonds. The van der Waals surface area contributed by atoms with Crippen LogP contribution in [0.3, 0.4) is 0 Å². The van der Waals surface area contributed by atoms with Crippen molar-refractivity contribution in [3.8, 4) is 0 Å². The van der Waals surface area contributed by atoms with Crippen molar-refractivity contribution >= 4 is 0 Å². The first-order valence-corrected chi connectivity index (χ1v) is 3.08. The molecule has 1 heterocycles. The molecule has 0 aromatic carbocycles. The molecule has 0 aromatic rings. The lowest BCUT2D eigenvalue weighted by atomic mass is 10.1. The van der Waals surface area contributed by atoms with Gasteiger partial charge in [-0.25, -0.2) is 0 Å². The smallest absolute Gasteiger partial charge is 0.308 e. The summed E-state index contributed by atoms with van der Waals surface area (Å²) in [7, 11) is 0. The zero-order valence-corrected chi connectivity index (χ0v) is 5.58. The SMILES string of the molecule is OC[C@H]1OC(O)(O)[C@@H](O)[C@@H]1O. The quantitative estimate of drug-likeness (QED) is 0.261. The molecule has 3 atom stereocenters. The summed E-state index contributed by atoms with van der Waals surface area (Å²) in [6, 6.07) is 0. The van der Waals surface area contributed by atoms with E-state index in [0.29, 0.717) is 0 Å². The van der Waals surface area contributed by atoms with Crippen molar-refractivity contribution in [2.24, 2.45) is 0 Å². The second-order valence-corrected chi connectivity index (χ2v) is 2.43. The summed E-state index contributed by atoms with van der Waals surface area (Å²) in [6.45, 7) is -0.582. The van der Waals surface area contributed by atoms with Crippen molar-refractivity contribution in [1.82, 2.24) is 0 Å². The topological polar surface area (TPSA) is 110 Å². The predicted molar refractivity (Wildman–Crippen MR) is 31.1 cm³/mol. The minimum atomic E-state index is -2.76. The van der Waals surface area contributed by atoms with Crippen LogP contribution in [0.4, 0.5) is 0 Å². The van der Waals surface area contributed by atoms with Gasteiger partial charge in [0.1, 0.15) is 12.2 Å². The fraction of sp³-hybridized carbons (Fsp3) is 1.00. The summed E-state index contributed by atoms with van der Waals surface area (Å²) < 4.78 is 4.28. The lowest BCUT2D eigenvalue weighted by Crippen LogP contribution is -2.42. The predicted octanol–water partition coefficient (Wildman–Crippen LogP) is -3.26. The van der Waals surface area contributed by atoms with E-state index >= 15 is 0 Å². The Balaban J connectivity index is 2.69. The number of hydrogen-bond acceptors (Lipinski definition) is 6. The molecule has 0 spiro atoms. The van der Waals surface area contributed by atoms with Crippen molar-refractivity contribution in [3.05, 3.63) is 0 Å². The van der Waals surface area contributed by atoms with Gasteiger partial charge in [-0.1, -0.05) is 0 Å². The highest BCUT2D eigenvalue weighted by Crippen LogP contribution is 2.26. The van der Waals surface area contributed by atoms with Crippen LogP contribution >= 0.6 is 0 Å². The molecule has 1 fully saturated rings. The van der Waals surface area contributed by atoms with E-state index in [2.05, 4.69) is 4.74 Å². The average Bonchev–Trinajstić information content (AvgIpc) is 2.13. The molecule has 0 aliphatic carbocycles. The van der Waals surface area contributed by atoms with E-state index in [4.69, 9.17) is 25.5 Å². The lowest BCUT2D eigenvalue weighted by Gasteiger charge is -2.17. The van der Waals surface area contributed by atoms with E-state index in [9.17, 15) is 0 Å². The van der Waals surface area contributed by atoms with E-state index in [1.54, 1.807) is 0 Å². The van der Waals surface area contributed by atoms with Gasteiger partial charge >= 0.3 is 5.97 Å². The van der Waals surface area contributed by atoms with E-state index in [-0.39, 0.29) is 0 Å². The van der Waals surface area contributed by atoms with E-state index < -0.39 is 30.9 Å². The van der Waals surface area contributed by atoms with Crippen LogP contribution in [0.1, 0.15) is 0 Å². The number of aliphatic hydroxyl groups is 5. The molecule has 0 saturated carbocycles. The van der Waals surface area contributed by atoms with E-state index in [1.807, 2.05) is 0 Å². The molecule has 66 valence electrons. The highest BCUT2D eigenvalue weighted by Gasteiger charge is 2.52.